The van der Waals surface area contributed by atoms with E-state index in [2.05, 4.69) is 10.6 Å². The SMILES string of the molecule is CNC(=O)NCc1cc(OC)c(OC)cc1C. The number of hydrogen-bond acceptors (Lipinski definition) is 3. The first kappa shape index (κ1) is 13.2. The second kappa shape index (κ2) is 5.98. The van der Waals surface area contributed by atoms with Crippen molar-refractivity contribution in [2.24, 2.45) is 0 Å². The summed E-state index contributed by atoms with van der Waals surface area (Å²) in [5, 5.41) is 5.23. The van der Waals surface area contributed by atoms with E-state index in [4.69, 9.17) is 9.47 Å². The number of amides is 2. The molecular weight excluding hydrogens is 220 g/mol. The number of aryl methyl sites for hydroxylation is 1. The molecule has 94 valence electrons. The monoisotopic (exact) mass is 238 g/mol. The van der Waals surface area contributed by atoms with Crippen LogP contribution in [0.3, 0.4) is 0 Å². The third-order valence-corrected chi connectivity index (χ3v) is 2.51. The van der Waals surface area contributed by atoms with Gasteiger partial charge in [-0.2, -0.15) is 0 Å². The lowest BCUT2D eigenvalue weighted by molar-refractivity contribution is 0.242. The number of ether oxygens (including phenoxy) is 2. The zero-order chi connectivity index (χ0) is 12.8. The van der Waals surface area contributed by atoms with Gasteiger partial charge in [-0.05, 0) is 30.2 Å². The van der Waals surface area contributed by atoms with E-state index >= 15 is 0 Å². The van der Waals surface area contributed by atoms with Crippen molar-refractivity contribution in [3.63, 3.8) is 0 Å². The van der Waals surface area contributed by atoms with Gasteiger partial charge in [0.25, 0.3) is 0 Å². The lowest BCUT2D eigenvalue weighted by Crippen LogP contribution is -2.32. The minimum atomic E-state index is -0.209. The van der Waals surface area contributed by atoms with Crippen molar-refractivity contribution in [3.05, 3.63) is 23.3 Å². The fourth-order valence-electron chi connectivity index (χ4n) is 1.48. The fourth-order valence-corrected chi connectivity index (χ4v) is 1.48. The van der Waals surface area contributed by atoms with Crippen molar-refractivity contribution in [3.8, 4) is 11.5 Å². The molecule has 0 bridgehead atoms. The number of methoxy groups -OCH3 is 2. The Kier molecular flexibility index (Phi) is 4.63. The van der Waals surface area contributed by atoms with Crippen LogP contribution in [0.15, 0.2) is 12.1 Å². The zero-order valence-corrected chi connectivity index (χ0v) is 10.6. The van der Waals surface area contributed by atoms with E-state index in [0.29, 0.717) is 18.0 Å². The highest BCUT2D eigenvalue weighted by molar-refractivity contribution is 5.73. The van der Waals surface area contributed by atoms with E-state index in [0.717, 1.165) is 11.1 Å². The van der Waals surface area contributed by atoms with Crippen molar-refractivity contribution in [1.82, 2.24) is 10.6 Å². The molecule has 0 aliphatic carbocycles. The van der Waals surface area contributed by atoms with E-state index in [1.807, 2.05) is 19.1 Å². The van der Waals surface area contributed by atoms with Crippen molar-refractivity contribution in [1.29, 1.82) is 0 Å². The summed E-state index contributed by atoms with van der Waals surface area (Å²) in [5.74, 6) is 1.35. The Balaban J connectivity index is 2.89. The van der Waals surface area contributed by atoms with Crippen molar-refractivity contribution in [2.75, 3.05) is 21.3 Å². The second-order valence-corrected chi connectivity index (χ2v) is 3.57. The molecule has 2 N–H and O–H groups in total. The van der Waals surface area contributed by atoms with Gasteiger partial charge in [-0.25, -0.2) is 4.79 Å². The lowest BCUT2D eigenvalue weighted by Gasteiger charge is -2.13. The number of urea groups is 1. The van der Waals surface area contributed by atoms with Crippen molar-refractivity contribution in [2.45, 2.75) is 13.5 Å². The van der Waals surface area contributed by atoms with Crippen LogP contribution in [0.2, 0.25) is 0 Å². The summed E-state index contributed by atoms with van der Waals surface area (Å²) in [7, 11) is 4.76. The first-order valence-electron chi connectivity index (χ1n) is 5.29. The quantitative estimate of drug-likeness (QED) is 0.834. The third kappa shape index (κ3) is 3.27. The average Bonchev–Trinajstić information content (AvgIpc) is 2.36. The van der Waals surface area contributed by atoms with Gasteiger partial charge in [0.15, 0.2) is 11.5 Å². The predicted octanol–water partition coefficient (Wildman–Crippen LogP) is 1.44. The summed E-state index contributed by atoms with van der Waals surface area (Å²) in [6.07, 6.45) is 0. The van der Waals surface area contributed by atoms with Crippen LogP contribution in [0.25, 0.3) is 0 Å². The second-order valence-electron chi connectivity index (χ2n) is 3.57. The molecule has 0 fully saturated rings. The van der Waals surface area contributed by atoms with Crippen molar-refractivity contribution < 1.29 is 14.3 Å². The van der Waals surface area contributed by atoms with Gasteiger partial charge in [-0.1, -0.05) is 0 Å². The first-order valence-corrected chi connectivity index (χ1v) is 5.29. The predicted molar refractivity (Wildman–Crippen MR) is 65.6 cm³/mol. The Bertz CT molecular complexity index is 405. The summed E-state index contributed by atoms with van der Waals surface area (Å²) in [6.45, 7) is 2.41. The number of benzene rings is 1. The minimum absolute atomic E-state index is 0.209. The summed E-state index contributed by atoms with van der Waals surface area (Å²) in [6, 6.07) is 3.54. The standard InChI is InChI=1S/C12H18N2O3/c1-8-5-10(16-3)11(17-4)6-9(8)7-14-12(15)13-2/h5-6H,7H2,1-4H3,(H2,13,14,15). The number of rotatable bonds is 4. The van der Waals surface area contributed by atoms with Crippen LogP contribution in [-0.2, 0) is 6.54 Å². The Hall–Kier alpha value is -1.91. The molecule has 0 aliphatic heterocycles. The molecule has 1 aromatic carbocycles. The van der Waals surface area contributed by atoms with E-state index in [9.17, 15) is 4.79 Å². The summed E-state index contributed by atoms with van der Waals surface area (Å²) < 4.78 is 10.4. The fraction of sp³-hybridized carbons (Fsp3) is 0.417. The maximum absolute atomic E-state index is 11.1. The van der Waals surface area contributed by atoms with Crippen LogP contribution in [-0.4, -0.2) is 27.3 Å². The molecule has 0 heterocycles. The smallest absolute Gasteiger partial charge is 0.314 e. The summed E-state index contributed by atoms with van der Waals surface area (Å²) >= 11 is 0. The van der Waals surface area contributed by atoms with Crippen LogP contribution in [0.5, 0.6) is 11.5 Å². The Morgan fingerprint density at radius 1 is 1.24 bits per heavy atom. The summed E-state index contributed by atoms with van der Waals surface area (Å²) in [4.78, 5) is 11.1. The molecule has 5 nitrogen and oxygen atoms in total. The zero-order valence-electron chi connectivity index (χ0n) is 10.6. The molecule has 0 atom stereocenters. The third-order valence-electron chi connectivity index (χ3n) is 2.51. The molecule has 2 amide bonds. The Labute approximate surface area is 101 Å². The van der Waals surface area contributed by atoms with Gasteiger partial charge in [0.1, 0.15) is 0 Å². The molecular formula is C12H18N2O3. The highest BCUT2D eigenvalue weighted by Gasteiger charge is 2.08. The Morgan fingerprint density at radius 2 is 1.82 bits per heavy atom. The maximum Gasteiger partial charge on any atom is 0.314 e. The summed E-state index contributed by atoms with van der Waals surface area (Å²) in [5.41, 5.74) is 2.03. The van der Waals surface area contributed by atoms with Gasteiger partial charge >= 0.3 is 6.03 Å². The highest BCUT2D eigenvalue weighted by Crippen LogP contribution is 2.30. The van der Waals surface area contributed by atoms with Gasteiger partial charge in [-0.15, -0.1) is 0 Å². The van der Waals surface area contributed by atoms with Gasteiger partial charge in [-0.3, -0.25) is 0 Å². The topological polar surface area (TPSA) is 59.6 Å². The highest BCUT2D eigenvalue weighted by atomic mass is 16.5. The first-order chi connectivity index (χ1) is 8.12. The van der Waals surface area contributed by atoms with Crippen LogP contribution in [0.1, 0.15) is 11.1 Å². The lowest BCUT2D eigenvalue weighted by atomic mass is 10.1. The maximum atomic E-state index is 11.1. The molecule has 0 aliphatic rings. The average molecular weight is 238 g/mol. The molecule has 0 spiro atoms. The van der Waals surface area contributed by atoms with E-state index < -0.39 is 0 Å². The van der Waals surface area contributed by atoms with E-state index in [1.165, 1.54) is 0 Å². The Morgan fingerprint density at radius 3 is 2.35 bits per heavy atom. The molecule has 1 rings (SSSR count). The van der Waals surface area contributed by atoms with Gasteiger partial charge < -0.3 is 20.1 Å². The molecule has 0 unspecified atom stereocenters. The molecule has 0 saturated carbocycles. The number of hydrogen-bond donors (Lipinski definition) is 2. The van der Waals surface area contributed by atoms with Crippen LogP contribution < -0.4 is 20.1 Å². The molecule has 17 heavy (non-hydrogen) atoms. The number of nitrogens with one attached hydrogen (secondary N) is 2. The number of carbonyl (C=O) groups is 1. The van der Waals surface area contributed by atoms with E-state index in [-0.39, 0.29) is 6.03 Å². The van der Waals surface area contributed by atoms with Crippen molar-refractivity contribution >= 4 is 6.03 Å². The van der Waals surface area contributed by atoms with Crippen LogP contribution >= 0.6 is 0 Å². The van der Waals surface area contributed by atoms with Gasteiger partial charge in [0.05, 0.1) is 14.2 Å². The molecule has 1 aromatic rings. The normalized spacial score (nSPS) is 9.65. The molecule has 5 heteroatoms. The minimum Gasteiger partial charge on any atom is -0.493 e. The van der Waals surface area contributed by atoms with E-state index in [1.54, 1.807) is 21.3 Å². The van der Waals surface area contributed by atoms with Gasteiger partial charge in [0.2, 0.25) is 0 Å². The largest absolute Gasteiger partial charge is 0.493 e. The molecule has 0 radical (unpaired) electrons. The molecule has 0 aromatic heterocycles. The van der Waals surface area contributed by atoms with Gasteiger partial charge in [0, 0.05) is 13.6 Å². The van der Waals surface area contributed by atoms with Crippen LogP contribution in [0, 0.1) is 6.92 Å². The van der Waals surface area contributed by atoms with Crippen LogP contribution in [0.4, 0.5) is 4.79 Å². The molecule has 0 saturated heterocycles. The number of carbonyl (C=O) groups excluding carboxylic acids is 1.